The van der Waals surface area contributed by atoms with Crippen LogP contribution in [0.4, 0.5) is 5.69 Å². The number of hydrogen-bond acceptors (Lipinski definition) is 3. The van der Waals surface area contributed by atoms with Crippen LogP contribution in [0.1, 0.15) is 22.2 Å². The van der Waals surface area contributed by atoms with Gasteiger partial charge in [0, 0.05) is 11.8 Å². The first-order valence-electron chi connectivity index (χ1n) is 5.69. The maximum Gasteiger partial charge on any atom is 0.348 e. The summed E-state index contributed by atoms with van der Waals surface area (Å²) in [6, 6.07) is 9.50. The van der Waals surface area contributed by atoms with E-state index in [1.165, 1.54) is 6.92 Å². The van der Waals surface area contributed by atoms with Gasteiger partial charge in [0.2, 0.25) is 5.91 Å². The molecule has 0 fully saturated rings. The van der Waals surface area contributed by atoms with Crippen LogP contribution in [-0.4, -0.2) is 17.0 Å². The number of carboxylic acid groups (broad SMARTS) is 1. The molecular weight excluding hydrogens is 262 g/mol. The number of anilines is 1. The second-order valence-electron chi connectivity index (χ2n) is 4.21. The lowest BCUT2D eigenvalue weighted by molar-refractivity contribution is -0.114. The highest BCUT2D eigenvalue weighted by Gasteiger charge is 2.17. The monoisotopic (exact) mass is 275 g/mol. The minimum atomic E-state index is -1.04. The topological polar surface area (TPSA) is 66.4 Å². The minimum Gasteiger partial charge on any atom is -0.477 e. The first-order valence-corrected chi connectivity index (χ1v) is 6.51. The third-order valence-electron chi connectivity index (χ3n) is 2.57. The van der Waals surface area contributed by atoms with Crippen molar-refractivity contribution in [2.45, 2.75) is 13.8 Å². The molecule has 0 bridgehead atoms. The first-order chi connectivity index (χ1) is 8.97. The van der Waals surface area contributed by atoms with E-state index in [0.29, 0.717) is 5.69 Å². The molecule has 0 aliphatic carbocycles. The Morgan fingerprint density at radius 2 is 1.84 bits per heavy atom. The number of thiophene rings is 1. The highest BCUT2D eigenvalue weighted by molar-refractivity contribution is 7.18. The zero-order chi connectivity index (χ0) is 14.0. The molecule has 0 aliphatic heterocycles. The third-order valence-corrected chi connectivity index (χ3v) is 3.75. The molecule has 0 spiro atoms. The van der Waals surface area contributed by atoms with Gasteiger partial charge in [-0.05, 0) is 18.6 Å². The van der Waals surface area contributed by atoms with Gasteiger partial charge in [0.15, 0.2) is 0 Å². The minimum absolute atomic E-state index is 0.144. The number of carbonyl (C=O) groups is 2. The average Bonchev–Trinajstić information content (AvgIpc) is 2.73. The van der Waals surface area contributed by atoms with Gasteiger partial charge in [0.25, 0.3) is 0 Å². The zero-order valence-corrected chi connectivity index (χ0v) is 11.4. The number of aromatic carboxylic acids is 1. The molecular formula is C14H13NO3S. The fraction of sp³-hybridized carbons (Fsp3) is 0.143. The van der Waals surface area contributed by atoms with Crippen LogP contribution in [0.25, 0.3) is 10.4 Å². The molecule has 0 saturated carbocycles. The normalized spacial score (nSPS) is 10.2. The van der Waals surface area contributed by atoms with E-state index in [-0.39, 0.29) is 10.8 Å². The van der Waals surface area contributed by atoms with Gasteiger partial charge in [-0.15, -0.1) is 11.3 Å². The summed E-state index contributed by atoms with van der Waals surface area (Å²) in [5, 5.41) is 11.7. The van der Waals surface area contributed by atoms with Crippen LogP contribution in [0.2, 0.25) is 0 Å². The van der Waals surface area contributed by atoms with E-state index in [4.69, 9.17) is 5.11 Å². The summed E-state index contributed by atoms with van der Waals surface area (Å²) in [5.74, 6) is -1.32. The number of carbonyl (C=O) groups excluding carboxylic acids is 1. The standard InChI is InChI=1S/C14H13NO3S/c1-8-3-5-10(6-4-8)12-7-11(15-9(2)16)13(19-12)14(17)18/h3-7H,1-2H3,(H,15,16)(H,17,18). The second-order valence-corrected chi connectivity index (χ2v) is 5.26. The largest absolute Gasteiger partial charge is 0.477 e. The fourth-order valence-corrected chi connectivity index (χ4v) is 2.65. The summed E-state index contributed by atoms with van der Waals surface area (Å²) in [4.78, 5) is 23.2. The summed E-state index contributed by atoms with van der Waals surface area (Å²) < 4.78 is 0. The number of aryl methyl sites for hydroxylation is 1. The molecule has 1 amide bonds. The van der Waals surface area contributed by atoms with Crippen molar-refractivity contribution in [2.75, 3.05) is 5.32 Å². The molecule has 2 N–H and O–H groups in total. The second kappa shape index (κ2) is 5.24. The molecule has 2 rings (SSSR count). The molecule has 1 heterocycles. The predicted octanol–water partition coefficient (Wildman–Crippen LogP) is 3.38. The van der Waals surface area contributed by atoms with Crippen LogP contribution < -0.4 is 5.32 Å². The van der Waals surface area contributed by atoms with E-state index in [1.54, 1.807) is 6.07 Å². The van der Waals surface area contributed by atoms with Gasteiger partial charge in [0.1, 0.15) is 4.88 Å². The van der Waals surface area contributed by atoms with Gasteiger partial charge in [0.05, 0.1) is 5.69 Å². The Balaban J connectivity index is 2.45. The van der Waals surface area contributed by atoms with E-state index in [2.05, 4.69) is 5.32 Å². The maximum absolute atomic E-state index is 11.2. The highest BCUT2D eigenvalue weighted by atomic mass is 32.1. The SMILES string of the molecule is CC(=O)Nc1cc(-c2ccc(C)cc2)sc1C(=O)O. The van der Waals surface area contributed by atoms with E-state index in [1.807, 2.05) is 31.2 Å². The Labute approximate surface area is 114 Å². The summed E-state index contributed by atoms with van der Waals surface area (Å²) in [5.41, 5.74) is 2.43. The number of amides is 1. The van der Waals surface area contributed by atoms with Crippen LogP contribution in [0.15, 0.2) is 30.3 Å². The molecule has 0 aliphatic rings. The number of carboxylic acids is 1. The van der Waals surface area contributed by atoms with Gasteiger partial charge < -0.3 is 10.4 Å². The Hall–Kier alpha value is -2.14. The molecule has 4 nitrogen and oxygen atoms in total. The Bertz CT molecular complexity index is 629. The molecule has 5 heteroatoms. The highest BCUT2D eigenvalue weighted by Crippen LogP contribution is 2.34. The van der Waals surface area contributed by atoms with Crippen molar-refractivity contribution in [3.8, 4) is 10.4 Å². The van der Waals surface area contributed by atoms with Crippen molar-refractivity contribution < 1.29 is 14.7 Å². The molecule has 2 aromatic rings. The van der Waals surface area contributed by atoms with E-state index in [0.717, 1.165) is 27.3 Å². The molecule has 0 unspecified atom stereocenters. The van der Waals surface area contributed by atoms with Gasteiger partial charge in [-0.1, -0.05) is 29.8 Å². The van der Waals surface area contributed by atoms with Crippen molar-refractivity contribution in [3.05, 3.63) is 40.8 Å². The third kappa shape index (κ3) is 3.00. The quantitative estimate of drug-likeness (QED) is 0.902. The van der Waals surface area contributed by atoms with Gasteiger partial charge >= 0.3 is 5.97 Å². The van der Waals surface area contributed by atoms with Gasteiger partial charge in [-0.25, -0.2) is 4.79 Å². The summed E-state index contributed by atoms with van der Waals surface area (Å²) >= 11 is 1.15. The molecule has 1 aromatic carbocycles. The zero-order valence-electron chi connectivity index (χ0n) is 10.6. The van der Waals surface area contributed by atoms with Gasteiger partial charge in [-0.3, -0.25) is 4.79 Å². The molecule has 0 atom stereocenters. The lowest BCUT2D eigenvalue weighted by Crippen LogP contribution is -2.08. The first kappa shape index (κ1) is 13.3. The molecule has 98 valence electrons. The lowest BCUT2D eigenvalue weighted by Gasteiger charge is -1.99. The summed E-state index contributed by atoms with van der Waals surface area (Å²) in [6.45, 7) is 3.35. The maximum atomic E-state index is 11.2. The van der Waals surface area contributed by atoms with Gasteiger partial charge in [-0.2, -0.15) is 0 Å². The number of benzene rings is 1. The Morgan fingerprint density at radius 3 is 2.37 bits per heavy atom. The smallest absolute Gasteiger partial charge is 0.348 e. The van der Waals surface area contributed by atoms with Crippen molar-refractivity contribution in [1.29, 1.82) is 0 Å². The lowest BCUT2D eigenvalue weighted by atomic mass is 10.1. The van der Waals surface area contributed by atoms with Crippen LogP contribution in [0.3, 0.4) is 0 Å². The van der Waals surface area contributed by atoms with Crippen LogP contribution in [0, 0.1) is 6.92 Å². The molecule has 0 saturated heterocycles. The van der Waals surface area contributed by atoms with Crippen molar-refractivity contribution >= 4 is 28.9 Å². The number of hydrogen-bond donors (Lipinski definition) is 2. The fourth-order valence-electron chi connectivity index (χ4n) is 1.69. The van der Waals surface area contributed by atoms with E-state index >= 15 is 0 Å². The number of rotatable bonds is 3. The molecule has 0 radical (unpaired) electrons. The number of nitrogens with one attached hydrogen (secondary N) is 1. The molecule has 1 aromatic heterocycles. The summed E-state index contributed by atoms with van der Waals surface area (Å²) in [7, 11) is 0. The van der Waals surface area contributed by atoms with Crippen LogP contribution in [0.5, 0.6) is 0 Å². The average molecular weight is 275 g/mol. The van der Waals surface area contributed by atoms with Crippen LogP contribution >= 0.6 is 11.3 Å². The van der Waals surface area contributed by atoms with Crippen molar-refractivity contribution in [3.63, 3.8) is 0 Å². The van der Waals surface area contributed by atoms with E-state index < -0.39 is 5.97 Å². The van der Waals surface area contributed by atoms with E-state index in [9.17, 15) is 9.59 Å². The molecule has 19 heavy (non-hydrogen) atoms. The predicted molar refractivity (Wildman–Crippen MR) is 75.8 cm³/mol. The Kier molecular flexibility index (Phi) is 3.66. The van der Waals surface area contributed by atoms with Crippen molar-refractivity contribution in [2.24, 2.45) is 0 Å². The van der Waals surface area contributed by atoms with Crippen molar-refractivity contribution in [1.82, 2.24) is 0 Å². The van der Waals surface area contributed by atoms with Crippen LogP contribution in [-0.2, 0) is 4.79 Å². The summed E-state index contributed by atoms with van der Waals surface area (Å²) in [6.07, 6.45) is 0. The Morgan fingerprint density at radius 1 is 1.21 bits per heavy atom.